The van der Waals surface area contributed by atoms with E-state index in [2.05, 4.69) is 10.3 Å². The molecular formula is C23H24Cl3N5O4. The highest BCUT2D eigenvalue weighted by molar-refractivity contribution is 6.68. The number of amides is 1. The van der Waals surface area contributed by atoms with E-state index in [1.165, 1.54) is 4.57 Å². The number of hydrogen-bond acceptors (Lipinski definition) is 6. The number of aromatic nitrogens is 2. The summed E-state index contributed by atoms with van der Waals surface area (Å²) in [5.74, 6) is 0.236. The first-order valence-corrected chi connectivity index (χ1v) is 11.8. The van der Waals surface area contributed by atoms with E-state index in [0.29, 0.717) is 18.9 Å². The summed E-state index contributed by atoms with van der Waals surface area (Å²) in [6.45, 7) is 2.29. The monoisotopic (exact) mass is 539 g/mol. The number of alkyl carbamates (subject to hydrolysis) is 1. The molecule has 12 heteroatoms. The van der Waals surface area contributed by atoms with Gasteiger partial charge in [-0.25, -0.2) is 14.3 Å². The quantitative estimate of drug-likeness (QED) is 0.164. The van der Waals surface area contributed by atoms with Crippen LogP contribution in [0.2, 0.25) is 0 Å². The van der Waals surface area contributed by atoms with E-state index >= 15 is 0 Å². The zero-order valence-electron chi connectivity index (χ0n) is 18.8. The molecule has 1 heterocycles. The van der Waals surface area contributed by atoms with Gasteiger partial charge in [-0.3, -0.25) is 4.90 Å². The number of ether oxygens (including phenoxy) is 1. The van der Waals surface area contributed by atoms with Gasteiger partial charge in [0.15, 0.2) is 5.82 Å². The fourth-order valence-electron chi connectivity index (χ4n) is 3.52. The number of alkyl halides is 3. The molecule has 1 amide bonds. The number of rotatable bonds is 10. The van der Waals surface area contributed by atoms with Crippen LogP contribution in [0.15, 0.2) is 66.9 Å². The van der Waals surface area contributed by atoms with E-state index in [0.717, 1.165) is 17.3 Å². The zero-order chi connectivity index (χ0) is 25.4. The van der Waals surface area contributed by atoms with Crippen molar-refractivity contribution in [3.8, 4) is 0 Å². The van der Waals surface area contributed by atoms with Gasteiger partial charge in [-0.1, -0.05) is 95.5 Å². The number of carbonyl (C=O) groups excluding carboxylic acids is 1. The van der Waals surface area contributed by atoms with E-state index in [1.807, 2.05) is 65.6 Å². The van der Waals surface area contributed by atoms with Crippen LogP contribution in [0.1, 0.15) is 17.0 Å². The lowest BCUT2D eigenvalue weighted by atomic mass is 10.1. The van der Waals surface area contributed by atoms with Crippen LogP contribution in [-0.2, 0) is 24.4 Å². The number of imidazole rings is 1. The van der Waals surface area contributed by atoms with Gasteiger partial charge in [-0.05, 0) is 16.1 Å². The molecule has 3 aromatic rings. The van der Waals surface area contributed by atoms with Crippen molar-refractivity contribution in [1.29, 1.82) is 0 Å². The topological polar surface area (TPSA) is 103 Å². The second-order valence-electron chi connectivity index (χ2n) is 7.67. The van der Waals surface area contributed by atoms with Crippen LogP contribution in [0.25, 0.3) is 0 Å². The number of nitro groups is 1. The van der Waals surface area contributed by atoms with Crippen molar-refractivity contribution in [3.63, 3.8) is 0 Å². The van der Waals surface area contributed by atoms with Gasteiger partial charge < -0.3 is 20.2 Å². The van der Waals surface area contributed by atoms with Crippen molar-refractivity contribution in [2.45, 2.75) is 36.5 Å². The van der Waals surface area contributed by atoms with Gasteiger partial charge in [0.1, 0.15) is 25.5 Å². The van der Waals surface area contributed by atoms with Crippen LogP contribution in [-0.4, -0.2) is 42.0 Å². The second-order valence-corrected chi connectivity index (χ2v) is 10.0. The molecule has 0 bridgehead atoms. The second kappa shape index (κ2) is 12.2. The zero-order valence-corrected chi connectivity index (χ0v) is 21.1. The number of nitrogens with zero attached hydrogens (tertiary/aromatic N) is 4. The van der Waals surface area contributed by atoms with Gasteiger partial charge in [0.05, 0.1) is 0 Å². The molecule has 0 aliphatic rings. The minimum Gasteiger partial charge on any atom is -0.445 e. The summed E-state index contributed by atoms with van der Waals surface area (Å²) < 4.78 is 4.71. The first-order chi connectivity index (χ1) is 16.6. The molecule has 0 saturated carbocycles. The van der Waals surface area contributed by atoms with Crippen molar-refractivity contribution < 1.29 is 14.5 Å². The van der Waals surface area contributed by atoms with Gasteiger partial charge in [0, 0.05) is 20.0 Å². The smallest absolute Gasteiger partial charge is 0.408 e. The molecule has 9 nitrogen and oxygen atoms in total. The largest absolute Gasteiger partial charge is 0.445 e. The molecule has 1 aromatic heterocycles. The highest BCUT2D eigenvalue weighted by Crippen LogP contribution is 2.34. The Balaban J connectivity index is 1.72. The average Bonchev–Trinajstić information content (AvgIpc) is 3.18. The summed E-state index contributed by atoms with van der Waals surface area (Å²) >= 11 is 18.9. The van der Waals surface area contributed by atoms with Crippen LogP contribution in [0.5, 0.6) is 0 Å². The van der Waals surface area contributed by atoms with Crippen molar-refractivity contribution in [1.82, 2.24) is 19.8 Å². The molecule has 0 spiro atoms. The molecule has 2 aromatic carbocycles. The van der Waals surface area contributed by atoms with Crippen LogP contribution in [0.4, 0.5) is 10.6 Å². The summed E-state index contributed by atoms with van der Waals surface area (Å²) in [4.78, 5) is 29.0. The molecule has 3 rings (SSSR count). The predicted molar refractivity (Wildman–Crippen MR) is 134 cm³/mol. The van der Waals surface area contributed by atoms with Gasteiger partial charge in [-0.15, -0.1) is 0 Å². The molecule has 0 aliphatic heterocycles. The maximum Gasteiger partial charge on any atom is 0.408 e. The average molecular weight is 541 g/mol. The third-order valence-electron chi connectivity index (χ3n) is 5.16. The van der Waals surface area contributed by atoms with Gasteiger partial charge >= 0.3 is 11.9 Å². The molecular weight excluding hydrogens is 517 g/mol. The van der Waals surface area contributed by atoms with E-state index in [9.17, 15) is 14.9 Å². The normalized spacial score (nSPS) is 12.4. The number of halogens is 3. The first-order valence-electron chi connectivity index (χ1n) is 10.6. The Labute approximate surface area is 217 Å². The van der Waals surface area contributed by atoms with Gasteiger partial charge in [0.25, 0.3) is 0 Å². The number of carbonyl (C=O) groups is 1. The maximum atomic E-state index is 12.6. The minimum absolute atomic E-state index is 0.0474. The molecule has 0 fully saturated rings. The summed E-state index contributed by atoms with van der Waals surface area (Å²) in [5, 5.41) is 13.8. The maximum absolute atomic E-state index is 12.6. The molecule has 0 aliphatic carbocycles. The Morgan fingerprint density at radius 3 is 2.14 bits per heavy atom. The van der Waals surface area contributed by atoms with E-state index in [1.54, 1.807) is 6.92 Å². The molecule has 0 radical (unpaired) electrons. The minimum atomic E-state index is -1.89. The van der Waals surface area contributed by atoms with E-state index < -0.39 is 21.0 Å². The lowest BCUT2D eigenvalue weighted by Crippen LogP contribution is -2.55. The van der Waals surface area contributed by atoms with Crippen LogP contribution < -0.4 is 5.32 Å². The standard InChI is InChI=1S/C23H24Cl3N5O4/c1-17-27-14-20(31(33)34)30(17)12-13-35-22(32)28-21(23(24,25)26)29(15-18-8-4-2-5-9-18)16-19-10-6-3-7-11-19/h2-11,14,21H,12-13,15-16H2,1H3,(H,28,32)/t21-/m0/s1. The highest BCUT2D eigenvalue weighted by Gasteiger charge is 2.39. The summed E-state index contributed by atoms with van der Waals surface area (Å²) in [6.07, 6.45) is -0.711. The SMILES string of the molecule is Cc1ncc([N+](=O)[O-])n1CCOC(=O)N[C@@H](N(Cc1ccccc1)Cc1ccccc1)C(Cl)(Cl)Cl. The highest BCUT2D eigenvalue weighted by atomic mass is 35.6. The Bertz CT molecular complexity index is 1080. The Morgan fingerprint density at radius 2 is 1.66 bits per heavy atom. The van der Waals surface area contributed by atoms with Crippen molar-refractivity contribution in [2.75, 3.05) is 6.61 Å². The summed E-state index contributed by atoms with van der Waals surface area (Å²) in [7, 11) is 0. The Hall–Kier alpha value is -2.85. The Morgan fingerprint density at radius 1 is 1.11 bits per heavy atom. The molecule has 1 atom stereocenters. The van der Waals surface area contributed by atoms with Gasteiger partial charge in [0.2, 0.25) is 3.79 Å². The fraction of sp³-hybridized carbons (Fsp3) is 0.304. The Kier molecular flexibility index (Phi) is 9.33. The number of nitrogens with one attached hydrogen (secondary N) is 1. The van der Waals surface area contributed by atoms with Crippen molar-refractivity contribution in [3.05, 3.63) is 93.9 Å². The summed E-state index contributed by atoms with van der Waals surface area (Å²) in [6, 6.07) is 19.2. The van der Waals surface area contributed by atoms with Gasteiger partial charge in [-0.2, -0.15) is 0 Å². The molecule has 186 valence electrons. The lowest BCUT2D eigenvalue weighted by Gasteiger charge is -2.36. The third kappa shape index (κ3) is 7.83. The number of hydrogen-bond donors (Lipinski definition) is 1. The van der Waals surface area contributed by atoms with Crippen LogP contribution in [0.3, 0.4) is 0 Å². The van der Waals surface area contributed by atoms with Crippen LogP contribution in [0, 0.1) is 17.0 Å². The van der Waals surface area contributed by atoms with E-state index in [-0.39, 0.29) is 19.0 Å². The first kappa shape index (κ1) is 26.7. The number of aryl methyl sites for hydroxylation is 1. The fourth-order valence-corrected chi connectivity index (χ4v) is 4.09. The molecule has 35 heavy (non-hydrogen) atoms. The molecule has 0 saturated heterocycles. The van der Waals surface area contributed by atoms with E-state index in [4.69, 9.17) is 39.5 Å². The van der Waals surface area contributed by atoms with Crippen LogP contribution >= 0.6 is 34.8 Å². The van der Waals surface area contributed by atoms with Crippen molar-refractivity contribution >= 4 is 46.7 Å². The number of benzene rings is 2. The molecule has 0 unspecified atom stereocenters. The lowest BCUT2D eigenvalue weighted by molar-refractivity contribution is -0.392. The predicted octanol–water partition coefficient (Wildman–Crippen LogP) is 5.22. The third-order valence-corrected chi connectivity index (χ3v) is 5.78. The summed E-state index contributed by atoms with van der Waals surface area (Å²) in [5.41, 5.74) is 1.92. The molecule has 1 N–H and O–H groups in total. The van der Waals surface area contributed by atoms with Crippen molar-refractivity contribution in [2.24, 2.45) is 0 Å².